The van der Waals surface area contributed by atoms with Gasteiger partial charge in [-0.05, 0) is 50.0 Å². The van der Waals surface area contributed by atoms with E-state index in [4.69, 9.17) is 18.6 Å². The first-order valence-electron chi connectivity index (χ1n) is 12.7. The fraction of sp³-hybridized carbons (Fsp3) is 0.345. The molecule has 9 heteroatoms. The number of fused-ring (bicyclic) bond motifs is 1. The predicted octanol–water partition coefficient (Wildman–Crippen LogP) is 5.50. The number of benzene rings is 2. The highest BCUT2D eigenvalue weighted by atomic mass is 19.1. The van der Waals surface area contributed by atoms with Crippen LogP contribution in [-0.2, 0) is 9.53 Å². The third-order valence-corrected chi connectivity index (χ3v) is 6.75. The van der Waals surface area contributed by atoms with Crippen LogP contribution in [-0.4, -0.2) is 60.8 Å². The second kappa shape index (κ2) is 11.6. The molecule has 0 radical (unpaired) electrons. The molecule has 2 aromatic heterocycles. The number of carbonyl (C=O) groups is 1. The zero-order valence-electron chi connectivity index (χ0n) is 21.5. The second-order valence-corrected chi connectivity index (χ2v) is 9.24. The summed E-state index contributed by atoms with van der Waals surface area (Å²) in [5, 5.41) is 0.596. The molecule has 1 aliphatic heterocycles. The van der Waals surface area contributed by atoms with Crippen molar-refractivity contribution in [3.8, 4) is 34.1 Å². The van der Waals surface area contributed by atoms with Gasteiger partial charge in [0.2, 0.25) is 11.6 Å². The number of ether oxygens (including phenoxy) is 3. The maximum Gasteiger partial charge on any atom is 0.305 e. The first-order chi connectivity index (χ1) is 18.6. The summed E-state index contributed by atoms with van der Waals surface area (Å²) in [6, 6.07) is 14.4. The molecule has 0 aliphatic carbocycles. The molecule has 4 aromatic rings. The Kier molecular flexibility index (Phi) is 7.83. The molecule has 198 valence electrons. The van der Waals surface area contributed by atoms with Crippen molar-refractivity contribution in [3.63, 3.8) is 0 Å². The molecule has 0 bridgehead atoms. The number of nitrogens with zero attached hydrogens (tertiary/aromatic N) is 3. The highest BCUT2D eigenvalue weighted by Gasteiger charge is 2.27. The smallest absolute Gasteiger partial charge is 0.305 e. The number of carbonyl (C=O) groups excluding carboxylic acids is 1. The molecular formula is C29H30FN3O5. The van der Waals surface area contributed by atoms with Gasteiger partial charge in [0.05, 0.1) is 14.2 Å². The zero-order chi connectivity index (χ0) is 26.5. The monoisotopic (exact) mass is 519 g/mol. The number of esters is 1. The van der Waals surface area contributed by atoms with E-state index in [1.807, 2.05) is 30.3 Å². The Balaban J connectivity index is 1.49. The number of methoxy groups -OCH3 is 2. The summed E-state index contributed by atoms with van der Waals surface area (Å²) in [7, 11) is 2.84. The van der Waals surface area contributed by atoms with Crippen LogP contribution in [0, 0.1) is 5.82 Å². The van der Waals surface area contributed by atoms with Crippen LogP contribution < -0.4 is 9.47 Å². The van der Waals surface area contributed by atoms with Crippen molar-refractivity contribution in [2.75, 3.05) is 33.9 Å². The predicted molar refractivity (Wildman–Crippen MR) is 141 cm³/mol. The van der Waals surface area contributed by atoms with Gasteiger partial charge in [-0.1, -0.05) is 36.4 Å². The van der Waals surface area contributed by atoms with Gasteiger partial charge in [-0.2, -0.15) is 0 Å². The number of hydrogen-bond donors (Lipinski definition) is 0. The van der Waals surface area contributed by atoms with E-state index < -0.39 is 5.82 Å². The minimum atomic E-state index is -0.479. The van der Waals surface area contributed by atoms with Gasteiger partial charge in [0.15, 0.2) is 11.6 Å². The van der Waals surface area contributed by atoms with Crippen LogP contribution in [0.5, 0.6) is 11.6 Å². The van der Waals surface area contributed by atoms with Crippen molar-refractivity contribution in [2.24, 2.45) is 0 Å². The average Bonchev–Trinajstić information content (AvgIpc) is 3.34. The molecule has 38 heavy (non-hydrogen) atoms. The Labute approximate surface area is 220 Å². The SMILES string of the molecule is COC(=O)CCCN1CCC[C@@H](Oc2ncnc3oc(-c4ccccc4)c(-c4ccc(OC)c(F)c4)c23)C1. The van der Waals surface area contributed by atoms with Crippen molar-refractivity contribution in [3.05, 3.63) is 60.7 Å². The van der Waals surface area contributed by atoms with E-state index in [1.54, 1.807) is 12.1 Å². The van der Waals surface area contributed by atoms with E-state index in [0.29, 0.717) is 46.8 Å². The molecule has 0 unspecified atom stereocenters. The van der Waals surface area contributed by atoms with E-state index in [9.17, 15) is 9.18 Å². The van der Waals surface area contributed by atoms with Gasteiger partial charge in [0, 0.05) is 24.1 Å². The molecule has 0 spiro atoms. The van der Waals surface area contributed by atoms with Gasteiger partial charge in [0.25, 0.3) is 0 Å². The van der Waals surface area contributed by atoms with E-state index in [0.717, 1.165) is 37.9 Å². The summed E-state index contributed by atoms with van der Waals surface area (Å²) >= 11 is 0. The Bertz CT molecular complexity index is 1410. The molecule has 0 N–H and O–H groups in total. The summed E-state index contributed by atoms with van der Waals surface area (Å²) in [4.78, 5) is 22.6. The topological polar surface area (TPSA) is 86.9 Å². The summed E-state index contributed by atoms with van der Waals surface area (Å²) in [6.07, 6.45) is 4.28. The lowest BCUT2D eigenvalue weighted by atomic mass is 9.99. The minimum Gasteiger partial charge on any atom is -0.494 e. The van der Waals surface area contributed by atoms with Crippen LogP contribution in [0.4, 0.5) is 4.39 Å². The Morgan fingerprint density at radius 3 is 2.74 bits per heavy atom. The van der Waals surface area contributed by atoms with E-state index in [1.165, 1.54) is 26.6 Å². The third kappa shape index (κ3) is 5.47. The molecule has 0 saturated carbocycles. The maximum atomic E-state index is 14.8. The molecule has 1 saturated heterocycles. The van der Waals surface area contributed by atoms with Crippen molar-refractivity contribution in [1.82, 2.24) is 14.9 Å². The van der Waals surface area contributed by atoms with Crippen LogP contribution in [0.3, 0.4) is 0 Å². The van der Waals surface area contributed by atoms with Gasteiger partial charge < -0.3 is 18.6 Å². The molecule has 2 aromatic carbocycles. The average molecular weight is 520 g/mol. The lowest BCUT2D eigenvalue weighted by molar-refractivity contribution is -0.140. The van der Waals surface area contributed by atoms with Gasteiger partial charge in [-0.15, -0.1) is 0 Å². The van der Waals surface area contributed by atoms with Crippen molar-refractivity contribution >= 4 is 17.1 Å². The molecular weight excluding hydrogens is 489 g/mol. The van der Waals surface area contributed by atoms with Gasteiger partial charge in [-0.25, -0.2) is 14.4 Å². The summed E-state index contributed by atoms with van der Waals surface area (Å²) < 4.78 is 37.4. The Morgan fingerprint density at radius 2 is 1.97 bits per heavy atom. The van der Waals surface area contributed by atoms with Crippen LogP contribution in [0.25, 0.3) is 33.6 Å². The third-order valence-electron chi connectivity index (χ3n) is 6.75. The number of piperidine rings is 1. The maximum absolute atomic E-state index is 14.8. The van der Waals surface area contributed by atoms with E-state index >= 15 is 0 Å². The van der Waals surface area contributed by atoms with Gasteiger partial charge in [-0.3, -0.25) is 9.69 Å². The van der Waals surface area contributed by atoms with Crippen LogP contribution in [0.1, 0.15) is 25.7 Å². The zero-order valence-corrected chi connectivity index (χ0v) is 21.5. The van der Waals surface area contributed by atoms with E-state index in [2.05, 4.69) is 14.9 Å². The first-order valence-corrected chi connectivity index (χ1v) is 12.7. The number of halogens is 1. The highest BCUT2D eigenvalue weighted by Crippen LogP contribution is 2.44. The number of hydrogen-bond acceptors (Lipinski definition) is 8. The highest BCUT2D eigenvalue weighted by molar-refractivity contribution is 6.03. The number of furan rings is 1. The molecule has 1 atom stereocenters. The quantitative estimate of drug-likeness (QED) is 0.268. The molecule has 8 nitrogen and oxygen atoms in total. The van der Waals surface area contributed by atoms with Crippen LogP contribution in [0.2, 0.25) is 0 Å². The van der Waals surface area contributed by atoms with Crippen molar-refractivity contribution < 1.29 is 27.8 Å². The lowest BCUT2D eigenvalue weighted by Gasteiger charge is -2.32. The van der Waals surface area contributed by atoms with Crippen LogP contribution >= 0.6 is 0 Å². The molecule has 5 rings (SSSR count). The standard InChI is InChI=1S/C29H30FN3O5/c1-35-23-13-12-20(16-22(23)30)25-26-28(31-18-32-29(26)38-27(25)19-8-4-3-5-9-19)37-21-10-6-14-33(17-21)15-7-11-24(34)36-2/h3-5,8-9,12-13,16,18,21H,6-7,10-11,14-15,17H2,1-2H3/t21-/m1/s1. The lowest BCUT2D eigenvalue weighted by Crippen LogP contribution is -2.41. The van der Waals surface area contributed by atoms with Gasteiger partial charge in [0.1, 0.15) is 23.6 Å². The van der Waals surface area contributed by atoms with E-state index in [-0.39, 0.29) is 17.8 Å². The summed E-state index contributed by atoms with van der Waals surface area (Å²) in [5.74, 6) is 0.435. The summed E-state index contributed by atoms with van der Waals surface area (Å²) in [6.45, 7) is 2.44. The normalized spacial score (nSPS) is 15.9. The fourth-order valence-corrected chi connectivity index (χ4v) is 4.91. The molecule has 1 fully saturated rings. The van der Waals surface area contributed by atoms with Crippen LogP contribution in [0.15, 0.2) is 59.3 Å². The number of aromatic nitrogens is 2. The molecule has 1 aliphatic rings. The first kappa shape index (κ1) is 25.7. The van der Waals surface area contributed by atoms with Gasteiger partial charge >= 0.3 is 5.97 Å². The molecule has 3 heterocycles. The Morgan fingerprint density at radius 1 is 1.13 bits per heavy atom. The summed E-state index contributed by atoms with van der Waals surface area (Å²) in [5.41, 5.74) is 2.46. The Hall–Kier alpha value is -3.98. The minimum absolute atomic E-state index is 0.101. The second-order valence-electron chi connectivity index (χ2n) is 9.24. The number of rotatable bonds is 9. The largest absolute Gasteiger partial charge is 0.494 e. The van der Waals surface area contributed by atoms with Crippen molar-refractivity contribution in [2.45, 2.75) is 31.8 Å². The molecule has 0 amide bonds. The fourth-order valence-electron chi connectivity index (χ4n) is 4.91. The number of likely N-dealkylation sites (tertiary alicyclic amines) is 1. The van der Waals surface area contributed by atoms with Crippen molar-refractivity contribution in [1.29, 1.82) is 0 Å².